The van der Waals surface area contributed by atoms with Gasteiger partial charge in [-0.1, -0.05) is 66.7 Å². The number of benzene rings is 4. The Balaban J connectivity index is 1.62. The van der Waals surface area contributed by atoms with Gasteiger partial charge in [0.1, 0.15) is 17.2 Å². The Bertz CT molecular complexity index is 1610. The van der Waals surface area contributed by atoms with Gasteiger partial charge in [-0.15, -0.1) is 0 Å². The molecule has 0 saturated heterocycles. The Morgan fingerprint density at radius 2 is 1.52 bits per heavy atom. The molecule has 1 N–H and O–H groups in total. The highest BCUT2D eigenvalue weighted by atomic mass is 16.6. The molecule has 40 heavy (non-hydrogen) atoms. The fourth-order valence-electron chi connectivity index (χ4n) is 4.47. The van der Waals surface area contributed by atoms with Crippen LogP contribution in [-0.4, -0.2) is 34.8 Å². The first-order valence-corrected chi connectivity index (χ1v) is 12.5. The first-order chi connectivity index (χ1) is 19.5. The van der Waals surface area contributed by atoms with E-state index in [0.29, 0.717) is 28.4 Å². The Labute approximate surface area is 230 Å². The lowest BCUT2D eigenvalue weighted by molar-refractivity contribution is -0.384. The number of ether oxygens (including phenoxy) is 2. The summed E-state index contributed by atoms with van der Waals surface area (Å²) >= 11 is 0. The fraction of sp³-hybridized carbons (Fsp3) is 0.0968. The molecule has 0 saturated carbocycles. The Morgan fingerprint density at radius 1 is 0.850 bits per heavy atom. The molecule has 0 bridgehead atoms. The zero-order chi connectivity index (χ0) is 28.1. The van der Waals surface area contributed by atoms with Gasteiger partial charge < -0.3 is 14.8 Å². The SMILES string of the molecule is COc1ccc(-c2cc(C(=O)NC(c3ccccc3)c3ccccc3)n(-c3cccc([N+](=O)[O-])c3)n2)c(OC)c1. The maximum Gasteiger partial charge on any atom is 0.271 e. The van der Waals surface area contributed by atoms with Crippen molar-refractivity contribution in [2.45, 2.75) is 6.04 Å². The van der Waals surface area contributed by atoms with Crippen LogP contribution in [-0.2, 0) is 0 Å². The van der Waals surface area contributed by atoms with E-state index in [2.05, 4.69) is 5.32 Å². The standard InChI is InChI=1S/C31H26N4O5/c1-39-25-16-17-26(29(19-25)40-2)27-20-28(34(33-27)23-14-9-15-24(18-23)35(37)38)31(36)32-30(21-10-5-3-6-11-21)22-12-7-4-8-13-22/h3-20,30H,1-2H3,(H,32,36). The van der Waals surface area contributed by atoms with Gasteiger partial charge >= 0.3 is 0 Å². The predicted octanol–water partition coefficient (Wildman–Crippen LogP) is 5.98. The number of rotatable bonds is 9. The lowest BCUT2D eigenvalue weighted by Gasteiger charge is -2.20. The van der Waals surface area contributed by atoms with Crippen LogP contribution in [0.1, 0.15) is 27.7 Å². The summed E-state index contributed by atoms with van der Waals surface area (Å²) in [5.74, 6) is 0.696. The molecule has 0 radical (unpaired) electrons. The van der Waals surface area contributed by atoms with E-state index in [1.807, 2.05) is 60.7 Å². The highest BCUT2D eigenvalue weighted by molar-refractivity contribution is 5.95. The number of hydrogen-bond donors (Lipinski definition) is 1. The molecule has 0 atom stereocenters. The third kappa shape index (κ3) is 5.39. The van der Waals surface area contributed by atoms with Crippen LogP contribution in [0.25, 0.3) is 16.9 Å². The Morgan fingerprint density at radius 3 is 2.12 bits per heavy atom. The lowest BCUT2D eigenvalue weighted by atomic mass is 9.98. The second kappa shape index (κ2) is 11.5. The number of nitrogens with zero attached hydrogens (tertiary/aromatic N) is 3. The molecule has 1 aromatic heterocycles. The van der Waals surface area contributed by atoms with Crippen molar-refractivity contribution in [3.63, 3.8) is 0 Å². The number of nitro benzene ring substituents is 1. The molecule has 5 aromatic rings. The molecule has 1 heterocycles. The molecule has 0 fully saturated rings. The molecular formula is C31H26N4O5. The second-order valence-corrected chi connectivity index (χ2v) is 8.90. The van der Waals surface area contributed by atoms with E-state index in [-0.39, 0.29) is 11.4 Å². The van der Waals surface area contributed by atoms with Crippen molar-refractivity contribution in [2.24, 2.45) is 0 Å². The smallest absolute Gasteiger partial charge is 0.271 e. The highest BCUT2D eigenvalue weighted by Crippen LogP contribution is 2.34. The zero-order valence-electron chi connectivity index (χ0n) is 21.9. The van der Waals surface area contributed by atoms with E-state index in [1.165, 1.54) is 23.9 Å². The summed E-state index contributed by atoms with van der Waals surface area (Å²) < 4.78 is 12.3. The largest absolute Gasteiger partial charge is 0.497 e. The van der Waals surface area contributed by atoms with Crippen molar-refractivity contribution < 1.29 is 19.2 Å². The van der Waals surface area contributed by atoms with Crippen LogP contribution in [0.4, 0.5) is 5.69 Å². The minimum absolute atomic E-state index is 0.116. The first kappa shape index (κ1) is 26.2. The monoisotopic (exact) mass is 534 g/mol. The van der Waals surface area contributed by atoms with E-state index >= 15 is 0 Å². The molecule has 0 aliphatic carbocycles. The minimum Gasteiger partial charge on any atom is -0.497 e. The maximum atomic E-state index is 14.0. The lowest BCUT2D eigenvalue weighted by Crippen LogP contribution is -2.31. The van der Waals surface area contributed by atoms with Gasteiger partial charge in [0.25, 0.3) is 11.6 Å². The van der Waals surface area contributed by atoms with Crippen molar-refractivity contribution >= 4 is 11.6 Å². The van der Waals surface area contributed by atoms with E-state index in [9.17, 15) is 14.9 Å². The number of nitrogens with one attached hydrogen (secondary N) is 1. The summed E-state index contributed by atoms with van der Waals surface area (Å²) in [7, 11) is 3.09. The average molecular weight is 535 g/mol. The van der Waals surface area contributed by atoms with Crippen LogP contribution in [0.15, 0.2) is 109 Å². The van der Waals surface area contributed by atoms with E-state index < -0.39 is 16.9 Å². The normalized spacial score (nSPS) is 10.8. The van der Waals surface area contributed by atoms with E-state index in [1.54, 1.807) is 43.5 Å². The third-order valence-corrected chi connectivity index (χ3v) is 6.45. The van der Waals surface area contributed by atoms with Crippen LogP contribution in [0.5, 0.6) is 11.5 Å². The van der Waals surface area contributed by atoms with Gasteiger partial charge in [0.05, 0.1) is 36.6 Å². The van der Waals surface area contributed by atoms with Crippen LogP contribution < -0.4 is 14.8 Å². The molecule has 5 rings (SSSR count). The summed E-state index contributed by atoms with van der Waals surface area (Å²) in [4.78, 5) is 25.0. The number of amides is 1. The second-order valence-electron chi connectivity index (χ2n) is 8.90. The number of hydrogen-bond acceptors (Lipinski definition) is 6. The quantitative estimate of drug-likeness (QED) is 0.184. The topological polar surface area (TPSA) is 109 Å². The number of nitro groups is 1. The fourth-order valence-corrected chi connectivity index (χ4v) is 4.47. The summed E-state index contributed by atoms with van der Waals surface area (Å²) in [5, 5.41) is 19.3. The van der Waals surface area contributed by atoms with Gasteiger partial charge in [-0.3, -0.25) is 14.9 Å². The zero-order valence-corrected chi connectivity index (χ0v) is 21.9. The summed E-state index contributed by atoms with van der Waals surface area (Å²) in [6.45, 7) is 0. The molecule has 0 unspecified atom stereocenters. The van der Waals surface area contributed by atoms with Crippen molar-refractivity contribution in [1.82, 2.24) is 15.1 Å². The van der Waals surface area contributed by atoms with Crippen molar-refractivity contribution in [2.75, 3.05) is 14.2 Å². The minimum atomic E-state index is -0.485. The van der Waals surface area contributed by atoms with E-state index in [0.717, 1.165) is 11.1 Å². The van der Waals surface area contributed by atoms with Gasteiger partial charge in [-0.05, 0) is 35.4 Å². The van der Waals surface area contributed by atoms with Crippen molar-refractivity contribution in [3.05, 3.63) is 136 Å². The van der Waals surface area contributed by atoms with Gasteiger partial charge in [-0.2, -0.15) is 5.10 Å². The summed E-state index contributed by atoms with van der Waals surface area (Å²) in [6.07, 6.45) is 0. The molecule has 1 amide bonds. The van der Waals surface area contributed by atoms with Crippen LogP contribution in [0, 0.1) is 10.1 Å². The maximum absolute atomic E-state index is 14.0. The van der Waals surface area contributed by atoms with Gasteiger partial charge in [0, 0.05) is 23.8 Å². The van der Waals surface area contributed by atoms with Gasteiger partial charge in [0.15, 0.2) is 0 Å². The molecule has 9 nitrogen and oxygen atoms in total. The predicted molar refractivity (Wildman–Crippen MR) is 151 cm³/mol. The molecule has 0 aliphatic rings. The van der Waals surface area contributed by atoms with E-state index in [4.69, 9.17) is 14.6 Å². The number of methoxy groups -OCH3 is 2. The van der Waals surface area contributed by atoms with Crippen molar-refractivity contribution in [3.8, 4) is 28.4 Å². The molecule has 0 spiro atoms. The molecule has 200 valence electrons. The number of aromatic nitrogens is 2. The summed E-state index contributed by atoms with van der Waals surface area (Å²) in [5.41, 5.74) is 3.34. The Hall–Kier alpha value is -5.44. The molecule has 4 aromatic carbocycles. The van der Waals surface area contributed by atoms with Crippen LogP contribution in [0.2, 0.25) is 0 Å². The third-order valence-electron chi connectivity index (χ3n) is 6.45. The summed E-state index contributed by atoms with van der Waals surface area (Å²) in [6, 6.07) is 31.8. The molecular weight excluding hydrogens is 508 g/mol. The number of carbonyl (C=O) groups excluding carboxylic acids is 1. The van der Waals surface area contributed by atoms with Crippen LogP contribution in [0.3, 0.4) is 0 Å². The van der Waals surface area contributed by atoms with Crippen molar-refractivity contribution in [1.29, 1.82) is 0 Å². The first-order valence-electron chi connectivity index (χ1n) is 12.5. The van der Waals surface area contributed by atoms with Gasteiger partial charge in [0.2, 0.25) is 0 Å². The van der Waals surface area contributed by atoms with Gasteiger partial charge in [-0.25, -0.2) is 4.68 Å². The molecule has 0 aliphatic heterocycles. The molecule has 9 heteroatoms. The highest BCUT2D eigenvalue weighted by Gasteiger charge is 2.24. The number of non-ortho nitro benzene ring substituents is 1. The Kier molecular flexibility index (Phi) is 7.54. The average Bonchev–Trinajstić information content (AvgIpc) is 3.46. The van der Waals surface area contributed by atoms with Crippen LogP contribution >= 0.6 is 0 Å². The number of carbonyl (C=O) groups is 1.